The summed E-state index contributed by atoms with van der Waals surface area (Å²) in [7, 11) is 4.43. The van der Waals surface area contributed by atoms with Crippen molar-refractivity contribution in [1.29, 1.82) is 0 Å². The van der Waals surface area contributed by atoms with Crippen LogP contribution in [0.15, 0.2) is 24.3 Å². The van der Waals surface area contributed by atoms with Gasteiger partial charge in [-0.1, -0.05) is 24.3 Å². The number of fused-ring (bicyclic) bond motifs is 3. The Balaban J connectivity index is 2.03. The molecule has 0 radical (unpaired) electrons. The Labute approximate surface area is 110 Å². The van der Waals surface area contributed by atoms with E-state index in [2.05, 4.69) is 55.5 Å². The molecule has 0 spiro atoms. The number of piperidine rings is 1. The van der Waals surface area contributed by atoms with Crippen molar-refractivity contribution in [2.75, 3.05) is 20.6 Å². The minimum Gasteiger partial charge on any atom is -0.309 e. The van der Waals surface area contributed by atoms with Crippen molar-refractivity contribution in [3.05, 3.63) is 35.4 Å². The Kier molecular flexibility index (Phi) is 2.95. The van der Waals surface area contributed by atoms with Gasteiger partial charge in [0.05, 0.1) is 0 Å². The molecule has 0 saturated carbocycles. The highest BCUT2D eigenvalue weighted by molar-refractivity contribution is 5.39. The molecule has 1 aliphatic heterocycles. The zero-order chi connectivity index (χ0) is 12.8. The smallest absolute Gasteiger partial charge is 0.0398 e. The number of rotatable bonds is 2. The molecular weight excluding hydrogens is 220 g/mol. The molecule has 98 valence electrons. The first-order chi connectivity index (χ1) is 8.65. The molecule has 3 unspecified atom stereocenters. The minimum atomic E-state index is 0.394. The van der Waals surface area contributed by atoms with Gasteiger partial charge in [0.2, 0.25) is 0 Å². The molecule has 3 rings (SSSR count). The van der Waals surface area contributed by atoms with E-state index in [1.807, 2.05) is 0 Å². The molecule has 1 aliphatic carbocycles. The lowest BCUT2D eigenvalue weighted by atomic mass is 9.69. The first-order valence-corrected chi connectivity index (χ1v) is 7.13. The number of hydrogen-bond acceptors (Lipinski definition) is 2. The Morgan fingerprint density at radius 3 is 2.89 bits per heavy atom. The van der Waals surface area contributed by atoms with Gasteiger partial charge in [-0.05, 0) is 58.0 Å². The van der Waals surface area contributed by atoms with E-state index in [0.29, 0.717) is 17.5 Å². The summed E-state index contributed by atoms with van der Waals surface area (Å²) < 4.78 is 0. The maximum absolute atomic E-state index is 3.79. The van der Waals surface area contributed by atoms with E-state index in [0.717, 1.165) is 0 Å². The summed E-state index contributed by atoms with van der Waals surface area (Å²) in [4.78, 5) is 2.39. The number of nitrogens with one attached hydrogen (secondary N) is 1. The minimum absolute atomic E-state index is 0.394. The van der Waals surface area contributed by atoms with Gasteiger partial charge in [-0.25, -0.2) is 0 Å². The van der Waals surface area contributed by atoms with Crippen LogP contribution in [0.4, 0.5) is 0 Å². The highest BCUT2D eigenvalue weighted by Gasteiger charge is 2.50. The van der Waals surface area contributed by atoms with Crippen LogP contribution in [0.25, 0.3) is 0 Å². The van der Waals surface area contributed by atoms with Gasteiger partial charge in [0.1, 0.15) is 0 Å². The van der Waals surface area contributed by atoms with Gasteiger partial charge < -0.3 is 10.2 Å². The van der Waals surface area contributed by atoms with Crippen molar-refractivity contribution >= 4 is 0 Å². The first kappa shape index (κ1) is 12.2. The van der Waals surface area contributed by atoms with Crippen molar-refractivity contribution in [2.24, 2.45) is 5.41 Å². The molecular formula is C16H24N2. The predicted molar refractivity (Wildman–Crippen MR) is 75.7 cm³/mol. The van der Waals surface area contributed by atoms with Crippen LogP contribution in [0.1, 0.15) is 36.9 Å². The van der Waals surface area contributed by atoms with Crippen molar-refractivity contribution in [3.63, 3.8) is 0 Å². The fourth-order valence-corrected chi connectivity index (χ4v) is 4.07. The quantitative estimate of drug-likeness (QED) is 0.860. The van der Waals surface area contributed by atoms with E-state index in [9.17, 15) is 0 Å². The van der Waals surface area contributed by atoms with Crippen molar-refractivity contribution < 1.29 is 0 Å². The van der Waals surface area contributed by atoms with E-state index in [1.54, 1.807) is 11.1 Å². The molecule has 3 atom stereocenters. The molecule has 0 bridgehead atoms. The molecule has 2 nitrogen and oxygen atoms in total. The Morgan fingerprint density at radius 1 is 1.33 bits per heavy atom. The largest absolute Gasteiger partial charge is 0.309 e. The summed E-state index contributed by atoms with van der Waals surface area (Å²) in [6, 6.07) is 10.2. The molecule has 1 aromatic rings. The zero-order valence-corrected chi connectivity index (χ0v) is 11.7. The highest BCUT2D eigenvalue weighted by Crippen LogP contribution is 2.53. The molecule has 1 fully saturated rings. The van der Waals surface area contributed by atoms with E-state index in [1.165, 1.54) is 25.8 Å². The lowest BCUT2D eigenvalue weighted by Gasteiger charge is -2.47. The van der Waals surface area contributed by atoms with Gasteiger partial charge in [0.15, 0.2) is 0 Å². The van der Waals surface area contributed by atoms with Crippen molar-refractivity contribution in [3.8, 4) is 0 Å². The molecule has 1 heterocycles. The third kappa shape index (κ3) is 1.63. The van der Waals surface area contributed by atoms with E-state index in [-0.39, 0.29) is 0 Å². The second-order valence-corrected chi connectivity index (χ2v) is 6.24. The third-order valence-corrected chi connectivity index (χ3v) is 5.23. The number of nitrogens with zero attached hydrogens (tertiary/aromatic N) is 1. The fraction of sp³-hybridized carbons (Fsp3) is 0.625. The molecule has 1 saturated heterocycles. The van der Waals surface area contributed by atoms with E-state index in [4.69, 9.17) is 0 Å². The molecule has 0 amide bonds. The van der Waals surface area contributed by atoms with Crippen LogP contribution in [0, 0.1) is 5.41 Å². The van der Waals surface area contributed by atoms with E-state index < -0.39 is 0 Å². The summed E-state index contributed by atoms with van der Waals surface area (Å²) in [5.41, 5.74) is 3.50. The van der Waals surface area contributed by atoms with Gasteiger partial charge in [-0.15, -0.1) is 0 Å². The van der Waals surface area contributed by atoms with Gasteiger partial charge in [0.25, 0.3) is 0 Å². The molecule has 2 heteroatoms. The first-order valence-electron chi connectivity index (χ1n) is 7.13. The SMILES string of the molecule is CC(N(C)C)C12CCCNC1c1ccccc1C2. The van der Waals surface area contributed by atoms with Crippen LogP contribution in [-0.4, -0.2) is 31.6 Å². The second-order valence-electron chi connectivity index (χ2n) is 6.24. The van der Waals surface area contributed by atoms with Crippen LogP contribution in [0.5, 0.6) is 0 Å². The van der Waals surface area contributed by atoms with E-state index >= 15 is 0 Å². The topological polar surface area (TPSA) is 15.3 Å². The van der Waals surface area contributed by atoms with Crippen molar-refractivity contribution in [2.45, 2.75) is 38.3 Å². The van der Waals surface area contributed by atoms with Gasteiger partial charge in [-0.3, -0.25) is 0 Å². The molecule has 0 aromatic heterocycles. The highest BCUT2D eigenvalue weighted by atomic mass is 15.1. The summed E-state index contributed by atoms with van der Waals surface area (Å²) in [6.45, 7) is 3.56. The Hall–Kier alpha value is -0.860. The zero-order valence-electron chi connectivity index (χ0n) is 11.7. The summed E-state index contributed by atoms with van der Waals surface area (Å²) in [6.07, 6.45) is 3.89. The van der Waals surface area contributed by atoms with Crippen LogP contribution in [0.2, 0.25) is 0 Å². The monoisotopic (exact) mass is 244 g/mol. The third-order valence-electron chi connectivity index (χ3n) is 5.23. The molecule has 1 aromatic carbocycles. The van der Waals surface area contributed by atoms with Crippen LogP contribution < -0.4 is 5.32 Å². The van der Waals surface area contributed by atoms with Crippen LogP contribution >= 0.6 is 0 Å². The van der Waals surface area contributed by atoms with Gasteiger partial charge >= 0.3 is 0 Å². The second kappa shape index (κ2) is 4.36. The number of benzene rings is 1. The normalized spacial score (nSPS) is 32.1. The van der Waals surface area contributed by atoms with Crippen LogP contribution in [-0.2, 0) is 6.42 Å². The standard InChI is InChI=1S/C16H24N2/c1-12(18(2)3)16-9-6-10-17-15(16)14-8-5-4-7-13(14)11-16/h4-5,7-8,12,15,17H,6,9-11H2,1-3H3. The lowest BCUT2D eigenvalue weighted by molar-refractivity contribution is 0.0505. The maximum Gasteiger partial charge on any atom is 0.0398 e. The summed E-state index contributed by atoms with van der Waals surface area (Å²) in [5, 5.41) is 3.79. The van der Waals surface area contributed by atoms with Gasteiger partial charge in [0, 0.05) is 17.5 Å². The molecule has 1 N–H and O–H groups in total. The average Bonchev–Trinajstić information content (AvgIpc) is 2.73. The van der Waals surface area contributed by atoms with Gasteiger partial charge in [-0.2, -0.15) is 0 Å². The summed E-state index contributed by atoms with van der Waals surface area (Å²) in [5.74, 6) is 0. The molecule has 2 aliphatic rings. The average molecular weight is 244 g/mol. The summed E-state index contributed by atoms with van der Waals surface area (Å²) >= 11 is 0. The predicted octanol–water partition coefficient (Wildman–Crippen LogP) is 2.60. The van der Waals surface area contributed by atoms with Crippen LogP contribution in [0.3, 0.4) is 0 Å². The fourth-order valence-electron chi connectivity index (χ4n) is 4.07. The maximum atomic E-state index is 3.79. The number of hydrogen-bond donors (Lipinski definition) is 1. The Bertz CT molecular complexity index is 440. The van der Waals surface area contributed by atoms with Crippen molar-refractivity contribution in [1.82, 2.24) is 10.2 Å². The Morgan fingerprint density at radius 2 is 2.11 bits per heavy atom. The lowest BCUT2D eigenvalue weighted by Crippen LogP contribution is -2.52. The molecule has 18 heavy (non-hydrogen) atoms.